The number of carboxylic acids is 1. The molecule has 0 radical (unpaired) electrons. The minimum atomic E-state index is -3.60. The van der Waals surface area contributed by atoms with Crippen LogP contribution in [0.2, 0.25) is 0 Å². The van der Waals surface area contributed by atoms with E-state index < -0.39 is 15.8 Å². The van der Waals surface area contributed by atoms with Crippen molar-refractivity contribution in [2.45, 2.75) is 30.4 Å². The third-order valence-corrected chi connectivity index (χ3v) is 7.20. The summed E-state index contributed by atoms with van der Waals surface area (Å²) in [6, 6.07) is 13.6. The molecule has 32 heavy (non-hydrogen) atoms. The smallest absolute Gasteiger partial charge is 0.303 e. The number of fused-ring (bicyclic) bond motifs is 1. The van der Waals surface area contributed by atoms with Crippen molar-refractivity contribution in [1.82, 2.24) is 4.98 Å². The van der Waals surface area contributed by atoms with Crippen LogP contribution >= 0.6 is 0 Å². The second kappa shape index (κ2) is 8.47. The molecule has 4 rings (SSSR count). The van der Waals surface area contributed by atoms with Gasteiger partial charge in [0.25, 0.3) is 5.91 Å². The predicted molar refractivity (Wildman–Crippen MR) is 122 cm³/mol. The average Bonchev–Trinajstić information content (AvgIpc) is 3.26. The Balaban J connectivity index is 1.67. The van der Waals surface area contributed by atoms with Crippen molar-refractivity contribution in [3.63, 3.8) is 0 Å². The van der Waals surface area contributed by atoms with E-state index in [4.69, 9.17) is 5.11 Å². The molecule has 2 heterocycles. The molecule has 0 saturated heterocycles. The molecule has 8 heteroatoms. The minimum Gasteiger partial charge on any atom is -0.481 e. The lowest BCUT2D eigenvalue weighted by molar-refractivity contribution is -0.137. The first-order valence-corrected chi connectivity index (χ1v) is 11.7. The number of hydrogen-bond acceptors (Lipinski definition) is 4. The van der Waals surface area contributed by atoms with Crippen LogP contribution in [0.1, 0.15) is 34.4 Å². The summed E-state index contributed by atoms with van der Waals surface area (Å²) in [4.78, 5) is 26.7. The van der Waals surface area contributed by atoms with Crippen molar-refractivity contribution in [3.05, 3.63) is 82.7 Å². The van der Waals surface area contributed by atoms with Crippen LogP contribution in [-0.4, -0.2) is 30.4 Å². The number of aliphatic carboxylic acids is 1. The number of aromatic amines is 1. The van der Waals surface area contributed by atoms with Crippen LogP contribution in [0, 0.1) is 6.92 Å². The van der Waals surface area contributed by atoms with Crippen molar-refractivity contribution in [3.8, 4) is 0 Å². The number of amides is 1. The Morgan fingerprint density at radius 3 is 2.59 bits per heavy atom. The monoisotopic (exact) mass is 450 g/mol. The van der Waals surface area contributed by atoms with Gasteiger partial charge in [-0.15, -0.1) is 0 Å². The van der Waals surface area contributed by atoms with Gasteiger partial charge in [0.05, 0.1) is 16.2 Å². The van der Waals surface area contributed by atoms with E-state index in [-0.39, 0.29) is 23.0 Å². The van der Waals surface area contributed by atoms with Gasteiger partial charge in [-0.2, -0.15) is 0 Å². The number of aromatic nitrogens is 1. The van der Waals surface area contributed by atoms with Crippen LogP contribution in [0.3, 0.4) is 0 Å². The van der Waals surface area contributed by atoms with Gasteiger partial charge in [-0.1, -0.05) is 30.3 Å². The molecule has 1 aliphatic heterocycles. The fourth-order valence-corrected chi connectivity index (χ4v) is 5.10. The highest BCUT2D eigenvalue weighted by Crippen LogP contribution is 2.36. The maximum atomic E-state index is 13.0. The molecule has 3 N–H and O–H groups in total. The lowest BCUT2D eigenvalue weighted by Gasteiger charge is -2.07. The van der Waals surface area contributed by atoms with Crippen molar-refractivity contribution in [2.75, 3.05) is 5.32 Å². The number of nitrogens with one attached hydrogen (secondary N) is 2. The van der Waals surface area contributed by atoms with Gasteiger partial charge < -0.3 is 15.4 Å². The van der Waals surface area contributed by atoms with Crippen molar-refractivity contribution < 1.29 is 23.1 Å². The van der Waals surface area contributed by atoms with Crippen LogP contribution in [0.15, 0.2) is 59.6 Å². The van der Waals surface area contributed by atoms with Crippen LogP contribution < -0.4 is 5.32 Å². The Morgan fingerprint density at radius 1 is 1.12 bits per heavy atom. The molecule has 0 bridgehead atoms. The number of carboxylic acid groups (broad SMARTS) is 1. The van der Waals surface area contributed by atoms with Gasteiger partial charge in [0.1, 0.15) is 0 Å². The number of anilines is 1. The summed E-state index contributed by atoms with van der Waals surface area (Å²) in [6.45, 7) is 1.86. The molecule has 1 aromatic heterocycles. The molecule has 0 fully saturated rings. The molecule has 1 amide bonds. The molecule has 0 aliphatic carbocycles. The zero-order chi connectivity index (χ0) is 22.9. The number of carbonyl (C=O) groups is 2. The molecule has 7 nitrogen and oxygen atoms in total. The summed E-state index contributed by atoms with van der Waals surface area (Å²) in [5, 5.41) is 11.7. The number of H-pyrrole nitrogens is 1. The molecule has 0 atom stereocenters. The van der Waals surface area contributed by atoms with E-state index >= 15 is 0 Å². The van der Waals surface area contributed by atoms with E-state index in [9.17, 15) is 18.0 Å². The minimum absolute atomic E-state index is 0.0145. The molecule has 0 unspecified atom stereocenters. The predicted octanol–water partition coefficient (Wildman–Crippen LogP) is 3.81. The largest absolute Gasteiger partial charge is 0.481 e. The van der Waals surface area contributed by atoms with Crippen molar-refractivity contribution >= 4 is 39.1 Å². The summed E-state index contributed by atoms with van der Waals surface area (Å²) in [7, 11) is -3.60. The molecule has 164 valence electrons. The third-order valence-electron chi connectivity index (χ3n) is 5.52. The quantitative estimate of drug-likeness (QED) is 0.474. The summed E-state index contributed by atoms with van der Waals surface area (Å²) in [5.74, 6) is -1.33. The standard InChI is InChI=1S/C24H22N2O5S/c1-15-17(7-10-23(27)28)13-25-22(15)12-20-19-11-18(8-9-21(19)26-24(20)29)32(30,31)14-16-5-3-2-4-6-16/h2-6,8-9,11-13,25H,7,10,14H2,1H3,(H,26,29)(H,27,28). The highest BCUT2D eigenvalue weighted by molar-refractivity contribution is 7.90. The number of benzene rings is 2. The molecule has 2 aromatic carbocycles. The Morgan fingerprint density at radius 2 is 1.88 bits per heavy atom. The topological polar surface area (TPSA) is 116 Å². The summed E-state index contributed by atoms with van der Waals surface area (Å²) in [5.41, 5.74) is 4.51. The summed E-state index contributed by atoms with van der Waals surface area (Å²) >= 11 is 0. The van der Waals surface area contributed by atoms with Crippen LogP contribution in [0.4, 0.5) is 5.69 Å². The maximum Gasteiger partial charge on any atom is 0.303 e. The summed E-state index contributed by atoms with van der Waals surface area (Å²) < 4.78 is 25.9. The first-order chi connectivity index (χ1) is 15.2. The highest BCUT2D eigenvalue weighted by Gasteiger charge is 2.27. The van der Waals surface area contributed by atoms with E-state index in [1.165, 1.54) is 12.1 Å². The molecule has 0 spiro atoms. The van der Waals surface area contributed by atoms with Crippen LogP contribution in [0.25, 0.3) is 11.6 Å². The lowest BCUT2D eigenvalue weighted by Crippen LogP contribution is -2.05. The van der Waals surface area contributed by atoms with Gasteiger partial charge in [-0.3, -0.25) is 9.59 Å². The number of rotatable bonds is 7. The zero-order valence-electron chi connectivity index (χ0n) is 17.4. The zero-order valence-corrected chi connectivity index (χ0v) is 18.2. The first kappa shape index (κ1) is 21.6. The van der Waals surface area contributed by atoms with Gasteiger partial charge in [0, 0.05) is 29.6 Å². The normalized spacial score (nSPS) is 14.4. The van der Waals surface area contributed by atoms with Crippen LogP contribution in [-0.2, 0) is 31.6 Å². The molecule has 1 aliphatic rings. The second-order valence-corrected chi connectivity index (χ2v) is 9.70. The molecule has 0 saturated carbocycles. The van der Waals surface area contributed by atoms with E-state index in [2.05, 4.69) is 10.3 Å². The second-order valence-electron chi connectivity index (χ2n) is 7.71. The Kier molecular flexibility index (Phi) is 5.71. The molecular formula is C24H22N2O5S. The van der Waals surface area contributed by atoms with Gasteiger partial charge in [-0.05, 0) is 54.3 Å². The number of hydrogen-bond donors (Lipinski definition) is 3. The average molecular weight is 451 g/mol. The van der Waals surface area contributed by atoms with Crippen molar-refractivity contribution in [1.29, 1.82) is 0 Å². The number of carbonyl (C=O) groups excluding carboxylic acids is 1. The van der Waals surface area contributed by atoms with E-state index in [0.717, 1.165) is 11.1 Å². The Labute approximate surface area is 185 Å². The third kappa shape index (κ3) is 4.36. The molecule has 3 aromatic rings. The lowest BCUT2D eigenvalue weighted by atomic mass is 10.0. The molecular weight excluding hydrogens is 428 g/mol. The fourth-order valence-electron chi connectivity index (χ4n) is 3.73. The van der Waals surface area contributed by atoms with Gasteiger partial charge in [0.2, 0.25) is 0 Å². The number of sulfone groups is 1. The van der Waals surface area contributed by atoms with E-state index in [0.29, 0.717) is 34.5 Å². The van der Waals surface area contributed by atoms with Crippen LogP contribution in [0.5, 0.6) is 0 Å². The number of aryl methyl sites for hydroxylation is 1. The van der Waals surface area contributed by atoms with Crippen molar-refractivity contribution in [2.24, 2.45) is 0 Å². The van der Waals surface area contributed by atoms with E-state index in [1.807, 2.05) is 13.0 Å². The summed E-state index contributed by atoms with van der Waals surface area (Å²) in [6.07, 6.45) is 3.81. The SMILES string of the molecule is Cc1c(CCC(=O)O)c[nH]c1C=C1C(=O)Nc2ccc(S(=O)(=O)Cc3ccccc3)cc21. The highest BCUT2D eigenvalue weighted by atomic mass is 32.2. The van der Waals surface area contributed by atoms with Gasteiger partial charge in [0.15, 0.2) is 9.84 Å². The Hall–Kier alpha value is -3.65. The first-order valence-electron chi connectivity index (χ1n) is 10.1. The van der Waals surface area contributed by atoms with Gasteiger partial charge in [-0.25, -0.2) is 8.42 Å². The Bertz CT molecular complexity index is 1340. The van der Waals surface area contributed by atoms with Gasteiger partial charge >= 0.3 is 5.97 Å². The fraction of sp³-hybridized carbons (Fsp3) is 0.167. The maximum absolute atomic E-state index is 13.0. The van der Waals surface area contributed by atoms with E-state index in [1.54, 1.807) is 42.6 Å².